The first-order chi connectivity index (χ1) is 12.5. The van der Waals surface area contributed by atoms with Gasteiger partial charge in [-0.3, -0.25) is 14.8 Å². The lowest BCUT2D eigenvalue weighted by Crippen LogP contribution is -2.31. The number of para-hydroxylation sites is 1. The van der Waals surface area contributed by atoms with E-state index < -0.39 is 17.1 Å². The van der Waals surface area contributed by atoms with Gasteiger partial charge in [0.25, 0.3) is 5.56 Å². The van der Waals surface area contributed by atoms with E-state index in [9.17, 15) is 14.7 Å². The van der Waals surface area contributed by atoms with Crippen molar-refractivity contribution in [3.05, 3.63) is 80.5 Å². The van der Waals surface area contributed by atoms with Gasteiger partial charge in [0.15, 0.2) is 0 Å². The third-order valence-electron chi connectivity index (χ3n) is 3.88. The minimum absolute atomic E-state index is 0.115. The minimum atomic E-state index is -0.756. The molecule has 0 amide bonds. The lowest BCUT2D eigenvalue weighted by Gasteiger charge is -2.10. The fourth-order valence-corrected chi connectivity index (χ4v) is 2.49. The molecule has 0 aliphatic rings. The van der Waals surface area contributed by atoms with Crippen LogP contribution in [0.2, 0.25) is 0 Å². The molecule has 1 heterocycles. The summed E-state index contributed by atoms with van der Waals surface area (Å²) < 4.78 is 6.12. The van der Waals surface area contributed by atoms with Gasteiger partial charge in [0.2, 0.25) is 5.88 Å². The smallest absolute Gasteiger partial charge is 0.335 e. The van der Waals surface area contributed by atoms with Gasteiger partial charge in [-0.25, -0.2) is 9.36 Å². The average molecular weight is 351 g/mol. The van der Waals surface area contributed by atoms with E-state index in [1.165, 1.54) is 13.3 Å². The number of rotatable bonds is 4. The molecule has 0 saturated heterocycles. The molecule has 0 unspecified atom stereocenters. The largest absolute Gasteiger partial charge is 0.497 e. The molecule has 7 heteroatoms. The molecule has 3 aromatic rings. The quantitative estimate of drug-likeness (QED) is 0.705. The number of nitrogens with zero attached hydrogens (tertiary/aromatic N) is 2. The van der Waals surface area contributed by atoms with E-state index in [2.05, 4.69) is 9.98 Å². The molecule has 0 aliphatic heterocycles. The van der Waals surface area contributed by atoms with Gasteiger partial charge in [-0.05, 0) is 30.7 Å². The van der Waals surface area contributed by atoms with E-state index in [0.717, 1.165) is 10.1 Å². The third-order valence-corrected chi connectivity index (χ3v) is 3.88. The number of aromatic nitrogens is 2. The minimum Gasteiger partial charge on any atom is -0.497 e. The molecule has 3 rings (SSSR count). The predicted octanol–water partition coefficient (Wildman–Crippen LogP) is 2.30. The fraction of sp³-hybridized carbons (Fsp3) is 0.105. The highest BCUT2D eigenvalue weighted by atomic mass is 16.5. The molecule has 0 atom stereocenters. The van der Waals surface area contributed by atoms with Crippen molar-refractivity contribution in [1.29, 1.82) is 0 Å². The zero-order chi connectivity index (χ0) is 18.7. The summed E-state index contributed by atoms with van der Waals surface area (Å²) in [4.78, 5) is 30.8. The van der Waals surface area contributed by atoms with Gasteiger partial charge in [-0.2, -0.15) is 0 Å². The summed E-state index contributed by atoms with van der Waals surface area (Å²) in [6.45, 7) is 1.88. The monoisotopic (exact) mass is 351 g/mol. The maximum absolute atomic E-state index is 12.2. The van der Waals surface area contributed by atoms with Crippen LogP contribution in [0.15, 0.2) is 63.1 Å². The highest BCUT2D eigenvalue weighted by molar-refractivity contribution is 5.84. The molecule has 0 bridgehead atoms. The topological polar surface area (TPSA) is 96.7 Å². The standard InChI is InChI=1S/C19H17N3O4/c1-12-6-3-4-9-16(12)20-11-15-17(23)21-19(25)22(18(15)24)13-7-5-8-14(10-13)26-2/h3-11,24H,1-2H3,(H,21,23,25). The van der Waals surface area contributed by atoms with Crippen molar-refractivity contribution < 1.29 is 9.84 Å². The summed E-state index contributed by atoms with van der Waals surface area (Å²) in [5, 5.41) is 10.5. The number of ether oxygens (including phenoxy) is 1. The van der Waals surface area contributed by atoms with Crippen molar-refractivity contribution in [2.45, 2.75) is 6.92 Å². The molecule has 0 spiro atoms. The number of hydrogen-bond donors (Lipinski definition) is 2. The Balaban J connectivity index is 2.14. The van der Waals surface area contributed by atoms with Crippen molar-refractivity contribution in [3.63, 3.8) is 0 Å². The van der Waals surface area contributed by atoms with Gasteiger partial charge in [-0.1, -0.05) is 24.3 Å². The van der Waals surface area contributed by atoms with Gasteiger partial charge in [0, 0.05) is 12.3 Å². The molecule has 0 saturated carbocycles. The van der Waals surface area contributed by atoms with E-state index in [1.807, 2.05) is 25.1 Å². The second-order valence-corrected chi connectivity index (χ2v) is 5.58. The Morgan fingerprint density at radius 1 is 1.15 bits per heavy atom. The van der Waals surface area contributed by atoms with Crippen LogP contribution in [-0.2, 0) is 0 Å². The van der Waals surface area contributed by atoms with Gasteiger partial charge in [-0.15, -0.1) is 0 Å². The molecule has 7 nitrogen and oxygen atoms in total. The number of H-pyrrole nitrogens is 1. The maximum atomic E-state index is 12.2. The van der Waals surface area contributed by atoms with E-state index in [1.54, 1.807) is 30.3 Å². The van der Waals surface area contributed by atoms with Gasteiger partial charge >= 0.3 is 5.69 Å². The lowest BCUT2D eigenvalue weighted by molar-refractivity contribution is 0.412. The number of aliphatic imine (C=N–C) groups is 1. The summed E-state index contributed by atoms with van der Waals surface area (Å²) in [6.07, 6.45) is 1.24. The van der Waals surface area contributed by atoms with E-state index in [-0.39, 0.29) is 5.56 Å². The van der Waals surface area contributed by atoms with Crippen LogP contribution >= 0.6 is 0 Å². The van der Waals surface area contributed by atoms with Crippen LogP contribution in [-0.4, -0.2) is 28.0 Å². The number of aryl methyl sites for hydroxylation is 1. The maximum Gasteiger partial charge on any atom is 0.335 e. The van der Waals surface area contributed by atoms with Crippen LogP contribution in [0, 0.1) is 6.92 Å². The number of methoxy groups -OCH3 is 1. The van der Waals surface area contributed by atoms with Crippen molar-refractivity contribution in [2.24, 2.45) is 4.99 Å². The number of hydrogen-bond acceptors (Lipinski definition) is 5. The Bertz CT molecular complexity index is 1100. The Morgan fingerprint density at radius 3 is 2.65 bits per heavy atom. The van der Waals surface area contributed by atoms with Crippen LogP contribution in [0.1, 0.15) is 11.1 Å². The average Bonchev–Trinajstić information content (AvgIpc) is 2.63. The Morgan fingerprint density at radius 2 is 1.92 bits per heavy atom. The van der Waals surface area contributed by atoms with Crippen molar-refractivity contribution in [3.8, 4) is 17.3 Å². The lowest BCUT2D eigenvalue weighted by atomic mass is 10.2. The number of nitrogens with one attached hydrogen (secondary N) is 1. The summed E-state index contributed by atoms with van der Waals surface area (Å²) >= 11 is 0. The second kappa shape index (κ2) is 7.10. The van der Waals surface area contributed by atoms with E-state index >= 15 is 0 Å². The van der Waals surface area contributed by atoms with Gasteiger partial charge in [0.1, 0.15) is 11.3 Å². The van der Waals surface area contributed by atoms with Crippen LogP contribution in [0.4, 0.5) is 5.69 Å². The summed E-state index contributed by atoms with van der Waals surface area (Å²) in [6, 6.07) is 13.9. The highest BCUT2D eigenvalue weighted by Gasteiger charge is 2.14. The first-order valence-corrected chi connectivity index (χ1v) is 7.83. The Labute approximate surface area is 148 Å². The molecule has 2 aromatic carbocycles. The number of aromatic hydroxyl groups is 1. The van der Waals surface area contributed by atoms with Crippen molar-refractivity contribution >= 4 is 11.9 Å². The number of benzene rings is 2. The van der Waals surface area contributed by atoms with Crippen LogP contribution in [0.5, 0.6) is 11.6 Å². The first kappa shape index (κ1) is 17.2. The molecule has 2 N–H and O–H groups in total. The van der Waals surface area contributed by atoms with Crippen LogP contribution in [0.3, 0.4) is 0 Å². The summed E-state index contributed by atoms with van der Waals surface area (Å²) in [5.74, 6) is 0.0134. The van der Waals surface area contributed by atoms with Crippen molar-refractivity contribution in [2.75, 3.05) is 7.11 Å². The third kappa shape index (κ3) is 3.27. The van der Waals surface area contributed by atoms with Crippen molar-refractivity contribution in [1.82, 2.24) is 9.55 Å². The molecule has 0 fully saturated rings. The molecule has 26 heavy (non-hydrogen) atoms. The Kier molecular flexibility index (Phi) is 4.70. The number of aromatic amines is 1. The SMILES string of the molecule is COc1cccc(-n2c(O)c(C=Nc3ccccc3C)c(=O)[nH]c2=O)c1. The molecule has 1 aromatic heterocycles. The van der Waals surface area contributed by atoms with Crippen LogP contribution in [0.25, 0.3) is 5.69 Å². The fourth-order valence-electron chi connectivity index (χ4n) is 2.49. The predicted molar refractivity (Wildman–Crippen MR) is 99.3 cm³/mol. The molecular weight excluding hydrogens is 334 g/mol. The molecule has 0 radical (unpaired) electrons. The van der Waals surface area contributed by atoms with Gasteiger partial charge < -0.3 is 9.84 Å². The zero-order valence-electron chi connectivity index (χ0n) is 14.3. The first-order valence-electron chi connectivity index (χ1n) is 7.83. The summed E-state index contributed by atoms with van der Waals surface area (Å²) in [7, 11) is 1.49. The zero-order valence-corrected chi connectivity index (χ0v) is 14.3. The van der Waals surface area contributed by atoms with E-state index in [0.29, 0.717) is 17.1 Å². The normalized spacial score (nSPS) is 11.0. The molecular formula is C19H17N3O4. The van der Waals surface area contributed by atoms with Crippen LogP contribution < -0.4 is 16.0 Å². The van der Waals surface area contributed by atoms with E-state index in [4.69, 9.17) is 4.74 Å². The summed E-state index contributed by atoms with van der Waals surface area (Å²) in [5.41, 5.74) is 0.341. The molecule has 132 valence electrons. The van der Waals surface area contributed by atoms with Gasteiger partial charge in [0.05, 0.1) is 18.5 Å². The highest BCUT2D eigenvalue weighted by Crippen LogP contribution is 2.21. The Hall–Kier alpha value is -3.61. The second-order valence-electron chi connectivity index (χ2n) is 5.58. The molecule has 0 aliphatic carbocycles.